The molecular formula is C26H30N2O3. The molecular weight excluding hydrogens is 388 g/mol. The number of carbonyl (C=O) groups excluding carboxylic acids is 2. The van der Waals surface area contributed by atoms with Gasteiger partial charge in [0.15, 0.2) is 6.10 Å². The Morgan fingerprint density at radius 3 is 2.13 bits per heavy atom. The van der Waals surface area contributed by atoms with Gasteiger partial charge in [-0.3, -0.25) is 4.79 Å². The summed E-state index contributed by atoms with van der Waals surface area (Å²) < 4.78 is 7.50. The standard InChI is InChI=1S/C26H30N2O3/c1-18(10-13-22-8-6-5-7-9-22)27-25(29)21(4)31-26(30)23-14-16-24(17-15-23)28-19(2)11-12-20(28)3/h5-9,11-12,14-18,21H,10,13H2,1-4H3,(H,27,29)/t18-,21+/m0/s1. The molecule has 0 aliphatic carbocycles. The van der Waals surface area contributed by atoms with Crippen LogP contribution in [0.4, 0.5) is 0 Å². The minimum Gasteiger partial charge on any atom is -0.449 e. The van der Waals surface area contributed by atoms with Crippen LogP contribution in [-0.4, -0.2) is 28.6 Å². The number of aryl methyl sites for hydroxylation is 3. The second-order valence-corrected chi connectivity index (χ2v) is 7.98. The number of benzene rings is 2. The Labute approximate surface area is 184 Å². The summed E-state index contributed by atoms with van der Waals surface area (Å²) in [6.07, 6.45) is 0.833. The molecule has 2 aromatic carbocycles. The lowest BCUT2D eigenvalue weighted by Crippen LogP contribution is -2.41. The Morgan fingerprint density at radius 1 is 0.903 bits per heavy atom. The number of amides is 1. The average Bonchev–Trinajstić information content (AvgIpc) is 3.11. The molecule has 1 N–H and O–H groups in total. The van der Waals surface area contributed by atoms with Gasteiger partial charge in [-0.2, -0.15) is 0 Å². The van der Waals surface area contributed by atoms with Gasteiger partial charge in [-0.15, -0.1) is 0 Å². The van der Waals surface area contributed by atoms with Crippen LogP contribution in [0.3, 0.4) is 0 Å². The fourth-order valence-corrected chi connectivity index (χ4v) is 3.56. The molecule has 0 saturated heterocycles. The van der Waals surface area contributed by atoms with Crippen molar-refractivity contribution in [3.05, 3.63) is 89.2 Å². The average molecular weight is 419 g/mol. The van der Waals surface area contributed by atoms with Crippen molar-refractivity contribution in [2.75, 3.05) is 0 Å². The van der Waals surface area contributed by atoms with Crippen LogP contribution in [0, 0.1) is 13.8 Å². The second kappa shape index (κ2) is 10.1. The van der Waals surface area contributed by atoms with E-state index in [4.69, 9.17) is 4.74 Å². The van der Waals surface area contributed by atoms with Crippen molar-refractivity contribution in [3.8, 4) is 5.69 Å². The highest BCUT2D eigenvalue weighted by Crippen LogP contribution is 2.17. The number of esters is 1. The molecule has 1 aromatic heterocycles. The van der Waals surface area contributed by atoms with Crippen LogP contribution in [0.25, 0.3) is 5.69 Å². The first-order chi connectivity index (χ1) is 14.8. The molecule has 1 amide bonds. The molecule has 3 rings (SSSR count). The zero-order valence-electron chi connectivity index (χ0n) is 18.6. The van der Waals surface area contributed by atoms with Crippen molar-refractivity contribution >= 4 is 11.9 Å². The summed E-state index contributed by atoms with van der Waals surface area (Å²) >= 11 is 0. The van der Waals surface area contributed by atoms with Gasteiger partial charge in [0.1, 0.15) is 0 Å². The highest BCUT2D eigenvalue weighted by molar-refractivity contribution is 5.92. The molecule has 0 fully saturated rings. The van der Waals surface area contributed by atoms with Crippen molar-refractivity contribution in [1.29, 1.82) is 0 Å². The molecule has 0 bridgehead atoms. The van der Waals surface area contributed by atoms with Crippen LogP contribution in [-0.2, 0) is 16.0 Å². The fraction of sp³-hybridized carbons (Fsp3) is 0.308. The van der Waals surface area contributed by atoms with Crippen molar-refractivity contribution in [3.63, 3.8) is 0 Å². The minimum absolute atomic E-state index is 0.0128. The zero-order chi connectivity index (χ0) is 22.4. The van der Waals surface area contributed by atoms with Crippen LogP contribution >= 0.6 is 0 Å². The van der Waals surface area contributed by atoms with E-state index in [9.17, 15) is 9.59 Å². The largest absolute Gasteiger partial charge is 0.449 e. The van der Waals surface area contributed by atoms with Crippen LogP contribution in [0.2, 0.25) is 0 Å². The Kier molecular flexibility index (Phi) is 7.29. The number of aromatic nitrogens is 1. The van der Waals surface area contributed by atoms with E-state index in [1.165, 1.54) is 5.56 Å². The smallest absolute Gasteiger partial charge is 0.338 e. The molecule has 0 saturated carbocycles. The summed E-state index contributed by atoms with van der Waals surface area (Å²) in [5, 5.41) is 2.93. The van der Waals surface area contributed by atoms with E-state index in [1.54, 1.807) is 19.1 Å². The summed E-state index contributed by atoms with van der Waals surface area (Å²) in [6.45, 7) is 7.63. The minimum atomic E-state index is -0.861. The molecule has 0 unspecified atom stereocenters. The third kappa shape index (κ3) is 5.85. The number of carbonyl (C=O) groups is 2. The number of ether oxygens (including phenoxy) is 1. The highest BCUT2D eigenvalue weighted by atomic mass is 16.5. The van der Waals surface area contributed by atoms with Crippen LogP contribution < -0.4 is 5.32 Å². The van der Waals surface area contributed by atoms with Gasteiger partial charge < -0.3 is 14.6 Å². The molecule has 0 aliphatic heterocycles. The van der Waals surface area contributed by atoms with E-state index < -0.39 is 12.1 Å². The van der Waals surface area contributed by atoms with Gasteiger partial charge in [0, 0.05) is 23.1 Å². The molecule has 0 radical (unpaired) electrons. The molecule has 162 valence electrons. The van der Waals surface area contributed by atoms with Gasteiger partial charge in [0.2, 0.25) is 0 Å². The second-order valence-electron chi connectivity index (χ2n) is 7.98. The van der Waals surface area contributed by atoms with Gasteiger partial charge in [-0.05, 0) is 82.5 Å². The lowest BCUT2D eigenvalue weighted by atomic mass is 10.1. The molecule has 0 spiro atoms. The van der Waals surface area contributed by atoms with Crippen LogP contribution in [0.1, 0.15) is 47.6 Å². The van der Waals surface area contributed by atoms with E-state index in [2.05, 4.69) is 34.1 Å². The molecule has 1 heterocycles. The molecule has 3 aromatic rings. The zero-order valence-corrected chi connectivity index (χ0v) is 18.6. The van der Waals surface area contributed by atoms with Gasteiger partial charge in [0.05, 0.1) is 5.56 Å². The normalized spacial score (nSPS) is 12.8. The Morgan fingerprint density at radius 2 is 1.52 bits per heavy atom. The molecule has 31 heavy (non-hydrogen) atoms. The molecule has 5 heteroatoms. The van der Waals surface area contributed by atoms with E-state index in [1.807, 2.05) is 51.1 Å². The highest BCUT2D eigenvalue weighted by Gasteiger charge is 2.20. The first kappa shape index (κ1) is 22.3. The Balaban J connectivity index is 1.51. The number of nitrogens with zero attached hydrogens (tertiary/aromatic N) is 1. The van der Waals surface area contributed by atoms with Gasteiger partial charge in [-0.1, -0.05) is 30.3 Å². The van der Waals surface area contributed by atoms with Crippen molar-refractivity contribution in [2.45, 2.75) is 52.7 Å². The fourth-order valence-electron chi connectivity index (χ4n) is 3.56. The lowest BCUT2D eigenvalue weighted by molar-refractivity contribution is -0.129. The summed E-state index contributed by atoms with van der Waals surface area (Å²) in [7, 11) is 0. The molecule has 5 nitrogen and oxygen atoms in total. The van der Waals surface area contributed by atoms with E-state index in [0.29, 0.717) is 5.56 Å². The van der Waals surface area contributed by atoms with Crippen molar-refractivity contribution in [1.82, 2.24) is 9.88 Å². The first-order valence-electron chi connectivity index (χ1n) is 10.7. The number of hydrogen-bond donors (Lipinski definition) is 1. The molecule has 2 atom stereocenters. The van der Waals surface area contributed by atoms with E-state index >= 15 is 0 Å². The predicted octanol–water partition coefficient (Wildman–Crippen LogP) is 4.78. The van der Waals surface area contributed by atoms with Crippen molar-refractivity contribution in [2.24, 2.45) is 0 Å². The summed E-state index contributed by atoms with van der Waals surface area (Å²) in [5.41, 5.74) is 4.88. The Hall–Kier alpha value is -3.34. The molecule has 0 aliphatic rings. The maximum absolute atomic E-state index is 12.5. The quantitative estimate of drug-likeness (QED) is 0.536. The monoisotopic (exact) mass is 418 g/mol. The maximum atomic E-state index is 12.5. The third-order valence-electron chi connectivity index (χ3n) is 5.38. The number of nitrogens with one attached hydrogen (secondary N) is 1. The Bertz CT molecular complexity index is 1000. The summed E-state index contributed by atoms with van der Waals surface area (Å²) in [6, 6.07) is 21.5. The summed E-state index contributed by atoms with van der Waals surface area (Å²) in [5.74, 6) is -0.795. The van der Waals surface area contributed by atoms with Crippen LogP contribution in [0.5, 0.6) is 0 Å². The SMILES string of the molecule is Cc1ccc(C)n1-c1ccc(C(=O)O[C@H](C)C(=O)N[C@@H](C)CCc2ccccc2)cc1. The maximum Gasteiger partial charge on any atom is 0.338 e. The first-order valence-corrected chi connectivity index (χ1v) is 10.7. The predicted molar refractivity (Wildman–Crippen MR) is 122 cm³/mol. The van der Waals surface area contributed by atoms with Crippen LogP contribution in [0.15, 0.2) is 66.7 Å². The van der Waals surface area contributed by atoms with Gasteiger partial charge >= 0.3 is 5.97 Å². The topological polar surface area (TPSA) is 60.3 Å². The van der Waals surface area contributed by atoms with Gasteiger partial charge in [0.25, 0.3) is 5.91 Å². The van der Waals surface area contributed by atoms with Crippen molar-refractivity contribution < 1.29 is 14.3 Å². The summed E-state index contributed by atoms with van der Waals surface area (Å²) in [4.78, 5) is 24.9. The number of hydrogen-bond acceptors (Lipinski definition) is 3. The third-order valence-corrected chi connectivity index (χ3v) is 5.38. The number of rotatable bonds is 8. The van der Waals surface area contributed by atoms with E-state index in [-0.39, 0.29) is 11.9 Å². The van der Waals surface area contributed by atoms with Gasteiger partial charge in [-0.25, -0.2) is 4.79 Å². The van der Waals surface area contributed by atoms with E-state index in [0.717, 1.165) is 29.9 Å². The lowest BCUT2D eigenvalue weighted by Gasteiger charge is -2.18.